The molecule has 4 rings (SSSR count). The van der Waals surface area contributed by atoms with Crippen molar-refractivity contribution in [3.05, 3.63) is 112 Å². The summed E-state index contributed by atoms with van der Waals surface area (Å²) >= 11 is 12.9. The summed E-state index contributed by atoms with van der Waals surface area (Å²) in [7, 11) is 0. The van der Waals surface area contributed by atoms with Gasteiger partial charge in [0.25, 0.3) is 5.91 Å². The van der Waals surface area contributed by atoms with Crippen molar-refractivity contribution in [3.8, 4) is 17.2 Å². The Bertz CT molecular complexity index is 1460. The van der Waals surface area contributed by atoms with Gasteiger partial charge in [-0.3, -0.25) is 4.79 Å². The molecule has 0 aliphatic carbocycles. The molecule has 194 valence electrons. The Hall–Kier alpha value is -4.00. The smallest absolute Gasteiger partial charge is 0.271 e. The van der Waals surface area contributed by atoms with Gasteiger partial charge in [-0.1, -0.05) is 78.3 Å². The summed E-state index contributed by atoms with van der Waals surface area (Å²) in [6, 6.07) is 22.4. The maximum absolute atomic E-state index is 12.6. The van der Waals surface area contributed by atoms with Gasteiger partial charge in [-0.2, -0.15) is 5.10 Å². The van der Waals surface area contributed by atoms with E-state index in [0.717, 1.165) is 16.3 Å². The largest absolute Gasteiger partial charge is 0.490 e. The first-order chi connectivity index (χ1) is 18.5. The molecule has 0 saturated heterocycles. The fourth-order valence-electron chi connectivity index (χ4n) is 3.78. The van der Waals surface area contributed by atoms with Crippen molar-refractivity contribution in [1.29, 1.82) is 0 Å². The molecule has 1 amide bonds. The predicted octanol–water partition coefficient (Wildman–Crippen LogP) is 7.45. The fraction of sp³-hybridized carbons (Fsp3) is 0.133. The van der Waals surface area contributed by atoms with Crippen molar-refractivity contribution in [2.45, 2.75) is 13.5 Å². The van der Waals surface area contributed by atoms with Gasteiger partial charge in [-0.15, -0.1) is 0 Å². The highest BCUT2D eigenvalue weighted by Gasteiger charge is 2.13. The Kier molecular flexibility index (Phi) is 9.25. The summed E-state index contributed by atoms with van der Waals surface area (Å²) in [4.78, 5) is 12.6. The molecule has 0 spiro atoms. The van der Waals surface area contributed by atoms with Crippen LogP contribution < -0.4 is 19.6 Å². The molecular formula is C30H26Cl2N2O4. The first-order valence-corrected chi connectivity index (χ1v) is 12.7. The SMILES string of the molecule is C=CCOc1ccc(C(=O)N/N=C/c2cc(Cl)c(OCc3cccc4ccccc34)c(Cl)c2)cc1OCC. The highest BCUT2D eigenvalue weighted by atomic mass is 35.5. The van der Waals surface area contributed by atoms with Crippen molar-refractivity contribution in [3.63, 3.8) is 0 Å². The van der Waals surface area contributed by atoms with Crippen LogP contribution in [-0.2, 0) is 6.61 Å². The first kappa shape index (κ1) is 27.0. The maximum Gasteiger partial charge on any atom is 0.271 e. The van der Waals surface area contributed by atoms with E-state index in [0.29, 0.717) is 58.2 Å². The van der Waals surface area contributed by atoms with Gasteiger partial charge in [-0.05, 0) is 59.2 Å². The highest BCUT2D eigenvalue weighted by molar-refractivity contribution is 6.37. The van der Waals surface area contributed by atoms with Crippen LogP contribution in [0.2, 0.25) is 10.0 Å². The number of nitrogens with one attached hydrogen (secondary N) is 1. The number of nitrogens with zero attached hydrogens (tertiary/aromatic N) is 1. The summed E-state index contributed by atoms with van der Waals surface area (Å²) in [5, 5.41) is 6.94. The van der Waals surface area contributed by atoms with Crippen LogP contribution in [0.4, 0.5) is 0 Å². The van der Waals surface area contributed by atoms with E-state index >= 15 is 0 Å². The average molecular weight is 549 g/mol. The van der Waals surface area contributed by atoms with E-state index in [1.807, 2.05) is 37.3 Å². The zero-order chi connectivity index (χ0) is 26.9. The van der Waals surface area contributed by atoms with E-state index in [9.17, 15) is 4.79 Å². The Morgan fingerprint density at radius 1 is 0.947 bits per heavy atom. The van der Waals surface area contributed by atoms with Crippen LogP contribution in [0.15, 0.2) is 90.6 Å². The second kappa shape index (κ2) is 13.0. The summed E-state index contributed by atoms with van der Waals surface area (Å²) in [5.74, 6) is 0.955. The second-order valence-corrected chi connectivity index (χ2v) is 8.95. The van der Waals surface area contributed by atoms with E-state index in [1.165, 1.54) is 6.21 Å². The molecule has 4 aromatic carbocycles. The lowest BCUT2D eigenvalue weighted by atomic mass is 10.1. The lowest BCUT2D eigenvalue weighted by molar-refractivity contribution is 0.0954. The standard InChI is InChI=1S/C30H26Cl2N2O4/c1-3-14-37-27-13-12-22(17-28(27)36-4-2)30(35)34-33-18-20-15-25(31)29(26(32)16-20)38-19-23-10-7-9-21-8-5-6-11-24(21)23/h3,5-13,15-18H,1,4,14,19H2,2H3,(H,34,35)/b33-18+. The van der Waals surface area contributed by atoms with Crippen LogP contribution in [-0.4, -0.2) is 25.3 Å². The van der Waals surface area contributed by atoms with Crippen molar-refractivity contribution < 1.29 is 19.0 Å². The molecule has 38 heavy (non-hydrogen) atoms. The van der Waals surface area contributed by atoms with Crippen LogP contribution >= 0.6 is 23.2 Å². The molecule has 0 bridgehead atoms. The summed E-state index contributed by atoms with van der Waals surface area (Å²) in [5.41, 5.74) is 4.49. The molecule has 1 N–H and O–H groups in total. The van der Waals surface area contributed by atoms with Gasteiger partial charge in [0, 0.05) is 5.56 Å². The molecule has 4 aromatic rings. The molecule has 0 aliphatic rings. The molecule has 0 radical (unpaired) electrons. The molecule has 0 atom stereocenters. The first-order valence-electron chi connectivity index (χ1n) is 11.9. The summed E-state index contributed by atoms with van der Waals surface area (Å²) in [6.45, 7) is 6.55. The van der Waals surface area contributed by atoms with Gasteiger partial charge >= 0.3 is 0 Å². The number of hydrogen-bond acceptors (Lipinski definition) is 5. The minimum atomic E-state index is -0.412. The van der Waals surface area contributed by atoms with Gasteiger partial charge in [0.2, 0.25) is 0 Å². The Labute approximate surface area is 231 Å². The number of hydrogen-bond donors (Lipinski definition) is 1. The van der Waals surface area contributed by atoms with Gasteiger partial charge in [0.15, 0.2) is 17.2 Å². The van der Waals surface area contributed by atoms with Crippen LogP contribution in [0.5, 0.6) is 17.2 Å². The normalized spacial score (nSPS) is 10.9. The lowest BCUT2D eigenvalue weighted by Crippen LogP contribution is -2.17. The minimum Gasteiger partial charge on any atom is -0.490 e. The third-order valence-corrected chi connectivity index (χ3v) is 6.08. The summed E-state index contributed by atoms with van der Waals surface area (Å²) < 4.78 is 17.1. The summed E-state index contributed by atoms with van der Waals surface area (Å²) in [6.07, 6.45) is 3.09. The second-order valence-electron chi connectivity index (χ2n) is 8.13. The van der Waals surface area contributed by atoms with Crippen LogP contribution in [0, 0.1) is 0 Å². The predicted molar refractivity (Wildman–Crippen MR) is 153 cm³/mol. The molecule has 8 heteroatoms. The zero-order valence-electron chi connectivity index (χ0n) is 20.7. The number of halogens is 2. The van der Waals surface area contributed by atoms with Crippen LogP contribution in [0.25, 0.3) is 10.8 Å². The molecule has 0 saturated carbocycles. The molecular weight excluding hydrogens is 523 g/mol. The number of fused-ring (bicyclic) bond motifs is 1. The van der Waals surface area contributed by atoms with Crippen molar-refractivity contribution >= 4 is 46.1 Å². The van der Waals surface area contributed by atoms with Crippen molar-refractivity contribution in [2.75, 3.05) is 13.2 Å². The fourth-order valence-corrected chi connectivity index (χ4v) is 4.39. The lowest BCUT2D eigenvalue weighted by Gasteiger charge is -2.12. The number of carbonyl (C=O) groups excluding carboxylic acids is 1. The van der Waals surface area contributed by atoms with Crippen LogP contribution in [0.1, 0.15) is 28.4 Å². The van der Waals surface area contributed by atoms with E-state index in [1.54, 1.807) is 36.4 Å². The quantitative estimate of drug-likeness (QED) is 0.120. The van der Waals surface area contributed by atoms with Crippen molar-refractivity contribution in [2.24, 2.45) is 5.10 Å². The molecule has 0 aromatic heterocycles. The maximum atomic E-state index is 12.6. The Morgan fingerprint density at radius 3 is 2.47 bits per heavy atom. The van der Waals surface area contributed by atoms with Gasteiger partial charge in [-0.25, -0.2) is 5.43 Å². The van der Waals surface area contributed by atoms with E-state index in [-0.39, 0.29) is 0 Å². The van der Waals surface area contributed by atoms with Crippen molar-refractivity contribution in [1.82, 2.24) is 5.43 Å². The number of ether oxygens (including phenoxy) is 3. The average Bonchev–Trinajstić information content (AvgIpc) is 2.92. The minimum absolute atomic E-state index is 0.311. The number of amides is 1. The zero-order valence-corrected chi connectivity index (χ0v) is 22.3. The number of benzene rings is 4. The molecule has 0 fully saturated rings. The molecule has 0 aliphatic heterocycles. The molecule has 0 heterocycles. The highest BCUT2D eigenvalue weighted by Crippen LogP contribution is 2.35. The van der Waals surface area contributed by atoms with Crippen LogP contribution in [0.3, 0.4) is 0 Å². The number of carbonyl (C=O) groups is 1. The number of hydrazone groups is 1. The molecule has 0 unspecified atom stereocenters. The van der Waals surface area contributed by atoms with Gasteiger partial charge in [0.1, 0.15) is 13.2 Å². The van der Waals surface area contributed by atoms with E-state index in [2.05, 4.69) is 29.2 Å². The third kappa shape index (κ3) is 6.65. The van der Waals surface area contributed by atoms with E-state index in [4.69, 9.17) is 37.4 Å². The molecule has 6 nitrogen and oxygen atoms in total. The van der Waals surface area contributed by atoms with Gasteiger partial charge in [0.05, 0.1) is 22.9 Å². The topological polar surface area (TPSA) is 69.2 Å². The van der Waals surface area contributed by atoms with Gasteiger partial charge < -0.3 is 14.2 Å². The Morgan fingerprint density at radius 2 is 1.71 bits per heavy atom. The van der Waals surface area contributed by atoms with E-state index < -0.39 is 5.91 Å². The monoisotopic (exact) mass is 548 g/mol. The Balaban J connectivity index is 1.42. The number of rotatable bonds is 11. The third-order valence-electron chi connectivity index (χ3n) is 5.51.